The van der Waals surface area contributed by atoms with Gasteiger partial charge in [-0.05, 0) is 61.9 Å². The van der Waals surface area contributed by atoms with Crippen molar-refractivity contribution < 1.29 is 0 Å². The normalized spacial score (nSPS) is 13.9. The first-order valence-corrected chi connectivity index (χ1v) is 8.83. The van der Waals surface area contributed by atoms with Crippen LogP contribution in [0.15, 0.2) is 53.4 Å². The monoisotopic (exact) mass is 319 g/mol. The molecule has 0 heterocycles. The molecule has 0 aliphatic carbocycles. The SMILES string of the molecule is CSc1ccc(C(C)NC(C)Cc2cccc(Cl)c2)cc1. The number of hydrogen-bond donors (Lipinski definition) is 1. The third-order valence-electron chi connectivity index (χ3n) is 3.58. The van der Waals surface area contributed by atoms with Crippen molar-refractivity contribution in [1.82, 2.24) is 5.32 Å². The molecule has 0 saturated carbocycles. The van der Waals surface area contributed by atoms with Gasteiger partial charge in [0, 0.05) is 22.0 Å². The fraction of sp³-hybridized carbons (Fsp3) is 0.333. The predicted molar refractivity (Wildman–Crippen MR) is 94.4 cm³/mol. The van der Waals surface area contributed by atoms with Gasteiger partial charge in [-0.1, -0.05) is 35.9 Å². The van der Waals surface area contributed by atoms with Crippen LogP contribution in [0.1, 0.15) is 31.0 Å². The van der Waals surface area contributed by atoms with Crippen LogP contribution in [0.5, 0.6) is 0 Å². The average molecular weight is 320 g/mol. The van der Waals surface area contributed by atoms with Crippen molar-refractivity contribution in [1.29, 1.82) is 0 Å². The lowest BCUT2D eigenvalue weighted by Crippen LogP contribution is -2.30. The van der Waals surface area contributed by atoms with Crippen molar-refractivity contribution in [3.63, 3.8) is 0 Å². The van der Waals surface area contributed by atoms with E-state index in [-0.39, 0.29) is 0 Å². The molecule has 0 saturated heterocycles. The maximum atomic E-state index is 6.04. The molecule has 2 rings (SSSR count). The van der Waals surface area contributed by atoms with Gasteiger partial charge in [0.1, 0.15) is 0 Å². The number of rotatable bonds is 6. The van der Waals surface area contributed by atoms with Gasteiger partial charge in [0.2, 0.25) is 0 Å². The molecular weight excluding hydrogens is 298 g/mol. The molecule has 1 N–H and O–H groups in total. The van der Waals surface area contributed by atoms with Crippen LogP contribution in [-0.4, -0.2) is 12.3 Å². The molecule has 0 aromatic heterocycles. The molecular formula is C18H22ClNS. The van der Waals surface area contributed by atoms with Crippen LogP contribution >= 0.6 is 23.4 Å². The maximum absolute atomic E-state index is 6.04. The van der Waals surface area contributed by atoms with Crippen LogP contribution in [-0.2, 0) is 6.42 Å². The second-order valence-corrected chi connectivity index (χ2v) is 6.71. The fourth-order valence-corrected chi connectivity index (χ4v) is 3.11. The largest absolute Gasteiger partial charge is 0.307 e. The van der Waals surface area contributed by atoms with Gasteiger partial charge in [0.15, 0.2) is 0 Å². The van der Waals surface area contributed by atoms with E-state index in [4.69, 9.17) is 11.6 Å². The van der Waals surface area contributed by atoms with Gasteiger partial charge in [-0.15, -0.1) is 11.8 Å². The summed E-state index contributed by atoms with van der Waals surface area (Å²) in [6, 6.07) is 17.6. The average Bonchev–Trinajstić information content (AvgIpc) is 2.47. The summed E-state index contributed by atoms with van der Waals surface area (Å²) in [7, 11) is 0. The standard InChI is InChI=1S/C18H22ClNS/c1-13(11-15-5-4-6-17(19)12-15)20-14(2)16-7-9-18(21-3)10-8-16/h4-10,12-14,20H,11H2,1-3H3. The molecule has 21 heavy (non-hydrogen) atoms. The highest BCUT2D eigenvalue weighted by Crippen LogP contribution is 2.20. The second kappa shape index (κ2) is 7.88. The smallest absolute Gasteiger partial charge is 0.0408 e. The molecule has 1 nitrogen and oxygen atoms in total. The van der Waals surface area contributed by atoms with Crippen LogP contribution in [0, 0.1) is 0 Å². The number of nitrogens with one attached hydrogen (secondary N) is 1. The van der Waals surface area contributed by atoms with Gasteiger partial charge in [-0.3, -0.25) is 0 Å². The Morgan fingerprint density at radius 3 is 2.43 bits per heavy atom. The Balaban J connectivity index is 1.93. The molecule has 3 heteroatoms. The van der Waals surface area contributed by atoms with Gasteiger partial charge < -0.3 is 5.32 Å². The summed E-state index contributed by atoms with van der Waals surface area (Å²) in [5, 5.41) is 4.46. The minimum absolute atomic E-state index is 0.343. The second-order valence-electron chi connectivity index (χ2n) is 5.40. The van der Waals surface area contributed by atoms with Crippen molar-refractivity contribution in [2.24, 2.45) is 0 Å². The molecule has 2 aromatic rings. The van der Waals surface area contributed by atoms with Gasteiger partial charge in [-0.2, -0.15) is 0 Å². The van der Waals surface area contributed by atoms with Crippen LogP contribution < -0.4 is 5.32 Å². The van der Waals surface area contributed by atoms with Crippen molar-refractivity contribution in [2.45, 2.75) is 37.2 Å². The van der Waals surface area contributed by atoms with E-state index in [1.165, 1.54) is 16.0 Å². The molecule has 0 aliphatic heterocycles. The van der Waals surface area contributed by atoms with Crippen molar-refractivity contribution >= 4 is 23.4 Å². The molecule has 112 valence electrons. The van der Waals surface area contributed by atoms with Crippen LogP contribution in [0.4, 0.5) is 0 Å². The highest BCUT2D eigenvalue weighted by Gasteiger charge is 2.10. The van der Waals surface area contributed by atoms with E-state index in [1.807, 2.05) is 18.2 Å². The van der Waals surface area contributed by atoms with E-state index >= 15 is 0 Å². The highest BCUT2D eigenvalue weighted by molar-refractivity contribution is 7.98. The summed E-state index contributed by atoms with van der Waals surface area (Å²) < 4.78 is 0. The van der Waals surface area contributed by atoms with E-state index in [1.54, 1.807) is 11.8 Å². The molecule has 0 aliphatic rings. The van der Waals surface area contributed by atoms with Crippen LogP contribution in [0.3, 0.4) is 0 Å². The van der Waals surface area contributed by atoms with Crippen molar-refractivity contribution in [3.05, 3.63) is 64.7 Å². The Kier molecular flexibility index (Phi) is 6.16. The lowest BCUT2D eigenvalue weighted by Gasteiger charge is -2.21. The number of thioether (sulfide) groups is 1. The summed E-state index contributed by atoms with van der Waals surface area (Å²) >= 11 is 7.81. The summed E-state index contributed by atoms with van der Waals surface area (Å²) in [5.74, 6) is 0. The van der Waals surface area contributed by atoms with Gasteiger partial charge >= 0.3 is 0 Å². The van der Waals surface area contributed by atoms with E-state index < -0.39 is 0 Å². The Morgan fingerprint density at radius 2 is 1.81 bits per heavy atom. The van der Waals surface area contributed by atoms with Gasteiger partial charge in [0.25, 0.3) is 0 Å². The van der Waals surface area contributed by atoms with E-state index in [9.17, 15) is 0 Å². The molecule has 2 aromatic carbocycles. The van der Waals surface area contributed by atoms with Crippen molar-refractivity contribution in [3.8, 4) is 0 Å². The minimum atomic E-state index is 0.343. The Hall–Kier alpha value is -0.960. The number of hydrogen-bond acceptors (Lipinski definition) is 2. The zero-order valence-electron chi connectivity index (χ0n) is 12.8. The van der Waals surface area contributed by atoms with E-state index in [0.29, 0.717) is 12.1 Å². The topological polar surface area (TPSA) is 12.0 Å². The molecule has 2 unspecified atom stereocenters. The molecule has 0 spiro atoms. The molecule has 2 atom stereocenters. The molecule has 0 radical (unpaired) electrons. The van der Waals surface area contributed by atoms with Crippen LogP contribution in [0.25, 0.3) is 0 Å². The van der Waals surface area contributed by atoms with E-state index in [0.717, 1.165) is 11.4 Å². The maximum Gasteiger partial charge on any atom is 0.0408 e. The third-order valence-corrected chi connectivity index (χ3v) is 4.56. The minimum Gasteiger partial charge on any atom is -0.307 e. The number of benzene rings is 2. The van der Waals surface area contributed by atoms with E-state index in [2.05, 4.69) is 55.8 Å². The first-order valence-electron chi connectivity index (χ1n) is 7.23. The summed E-state index contributed by atoms with van der Waals surface area (Å²) in [5.41, 5.74) is 2.60. The molecule has 0 amide bonds. The zero-order valence-corrected chi connectivity index (χ0v) is 14.3. The lowest BCUT2D eigenvalue weighted by molar-refractivity contribution is 0.477. The lowest BCUT2D eigenvalue weighted by atomic mass is 10.0. The first kappa shape index (κ1) is 16.4. The zero-order chi connectivity index (χ0) is 15.2. The predicted octanol–water partition coefficient (Wildman–Crippen LogP) is 5.34. The first-order chi connectivity index (χ1) is 10.1. The van der Waals surface area contributed by atoms with Gasteiger partial charge in [0.05, 0.1) is 0 Å². The van der Waals surface area contributed by atoms with Crippen molar-refractivity contribution in [2.75, 3.05) is 6.26 Å². The fourth-order valence-electron chi connectivity index (χ4n) is 2.49. The van der Waals surface area contributed by atoms with Gasteiger partial charge in [-0.25, -0.2) is 0 Å². The quantitative estimate of drug-likeness (QED) is 0.721. The summed E-state index contributed by atoms with van der Waals surface area (Å²) in [6.07, 6.45) is 3.08. The number of halogens is 1. The van der Waals surface area contributed by atoms with Crippen LogP contribution in [0.2, 0.25) is 5.02 Å². The highest BCUT2D eigenvalue weighted by atomic mass is 35.5. The third kappa shape index (κ3) is 5.06. The Labute approximate surface area is 137 Å². The summed E-state index contributed by atoms with van der Waals surface area (Å²) in [4.78, 5) is 1.30. The molecule has 0 fully saturated rings. The Bertz CT molecular complexity index is 568. The summed E-state index contributed by atoms with van der Waals surface area (Å²) in [6.45, 7) is 4.43. The molecule has 0 bridgehead atoms. The Morgan fingerprint density at radius 1 is 1.10 bits per heavy atom.